The number of fused-ring (bicyclic) bond motifs is 1. The van der Waals surface area contributed by atoms with E-state index in [0.717, 1.165) is 16.7 Å². The van der Waals surface area contributed by atoms with Crippen LogP contribution >= 0.6 is 0 Å². The van der Waals surface area contributed by atoms with Crippen molar-refractivity contribution in [2.75, 3.05) is 5.75 Å². The van der Waals surface area contributed by atoms with Gasteiger partial charge in [-0.2, -0.15) is 0 Å². The fraction of sp³-hybridized carbons (Fsp3) is 0.148. The monoisotopic (exact) mass is 457 g/mol. The van der Waals surface area contributed by atoms with Gasteiger partial charge in [0.2, 0.25) is 15.9 Å². The van der Waals surface area contributed by atoms with Crippen LogP contribution in [0.15, 0.2) is 91.0 Å². The summed E-state index contributed by atoms with van der Waals surface area (Å²) in [7, 11) is -3.56. The largest absolute Gasteiger partial charge is 0.489 e. The Labute approximate surface area is 193 Å². The molecule has 1 unspecified atom stereocenters. The summed E-state index contributed by atoms with van der Waals surface area (Å²) in [6.07, 6.45) is 0.167. The first kappa shape index (κ1) is 21.2. The molecular formula is C27H23NO4S. The van der Waals surface area contributed by atoms with Gasteiger partial charge in [-0.05, 0) is 51.2 Å². The van der Waals surface area contributed by atoms with E-state index >= 15 is 0 Å². The Morgan fingerprint density at radius 3 is 2.45 bits per heavy atom. The van der Waals surface area contributed by atoms with Crippen molar-refractivity contribution >= 4 is 26.7 Å². The van der Waals surface area contributed by atoms with E-state index in [1.54, 1.807) is 0 Å². The van der Waals surface area contributed by atoms with Gasteiger partial charge in [0.1, 0.15) is 12.4 Å². The zero-order valence-corrected chi connectivity index (χ0v) is 18.7. The summed E-state index contributed by atoms with van der Waals surface area (Å²) in [6, 6.07) is 30.3. The topological polar surface area (TPSA) is 72.5 Å². The van der Waals surface area contributed by atoms with E-state index < -0.39 is 15.9 Å². The Bertz CT molecular complexity index is 1420. The molecule has 0 aliphatic carbocycles. The lowest BCUT2D eigenvalue weighted by Crippen LogP contribution is -2.40. The Morgan fingerprint density at radius 2 is 1.64 bits per heavy atom. The molecule has 1 aliphatic rings. The summed E-state index contributed by atoms with van der Waals surface area (Å²) in [4.78, 5) is 11.7. The van der Waals surface area contributed by atoms with Crippen LogP contribution in [0.1, 0.15) is 23.5 Å². The summed E-state index contributed by atoms with van der Waals surface area (Å²) in [6.45, 7) is 0.415. The van der Waals surface area contributed by atoms with Crippen molar-refractivity contribution in [1.82, 2.24) is 4.72 Å². The van der Waals surface area contributed by atoms with Crippen LogP contribution in [0.2, 0.25) is 0 Å². The number of hydrogen-bond donors (Lipinski definition) is 1. The molecule has 1 N–H and O–H groups in total. The lowest BCUT2D eigenvalue weighted by molar-refractivity contribution is -0.119. The molecule has 33 heavy (non-hydrogen) atoms. The average molecular weight is 458 g/mol. The van der Waals surface area contributed by atoms with Crippen molar-refractivity contribution in [2.45, 2.75) is 18.9 Å². The first-order chi connectivity index (χ1) is 16.0. The normalized spacial score (nSPS) is 17.5. The Hall–Kier alpha value is -3.64. The van der Waals surface area contributed by atoms with Gasteiger partial charge in [0.25, 0.3) is 0 Å². The first-order valence-corrected chi connectivity index (χ1v) is 12.5. The standard InChI is InChI=1S/C27H23NO4S/c29-27-16-23(18-33(30,31)28-27)20-11-13-24(14-12-20)32-17-19-5-3-8-22(15-19)26-10-4-7-21-6-1-2-9-25(21)26/h1-15,23H,16-18H2,(H,28,29). The van der Waals surface area contributed by atoms with Crippen molar-refractivity contribution in [3.63, 3.8) is 0 Å². The molecule has 0 saturated carbocycles. The van der Waals surface area contributed by atoms with Gasteiger partial charge in [-0.15, -0.1) is 0 Å². The Kier molecular flexibility index (Phi) is 5.60. The van der Waals surface area contributed by atoms with Crippen LogP contribution in [0, 0.1) is 0 Å². The minimum atomic E-state index is -3.56. The number of rotatable bonds is 5. The number of carbonyl (C=O) groups excluding carboxylic acids is 1. The number of benzene rings is 4. The van der Waals surface area contributed by atoms with Gasteiger partial charge in [0.05, 0.1) is 5.75 Å². The number of ether oxygens (including phenoxy) is 1. The molecule has 1 aliphatic heterocycles. The lowest BCUT2D eigenvalue weighted by atomic mass is 9.97. The van der Waals surface area contributed by atoms with E-state index in [-0.39, 0.29) is 18.1 Å². The molecule has 1 saturated heterocycles. The van der Waals surface area contributed by atoms with Crippen LogP contribution < -0.4 is 9.46 Å². The van der Waals surface area contributed by atoms with E-state index in [1.165, 1.54) is 16.3 Å². The fourth-order valence-electron chi connectivity index (χ4n) is 4.33. The van der Waals surface area contributed by atoms with Gasteiger partial charge in [-0.3, -0.25) is 9.52 Å². The van der Waals surface area contributed by atoms with Gasteiger partial charge < -0.3 is 4.74 Å². The molecule has 0 bridgehead atoms. The molecule has 1 amide bonds. The highest BCUT2D eigenvalue weighted by Gasteiger charge is 2.30. The fourth-order valence-corrected chi connectivity index (χ4v) is 5.68. The molecule has 5 nitrogen and oxygen atoms in total. The van der Waals surface area contributed by atoms with Gasteiger partial charge in [0.15, 0.2) is 0 Å². The van der Waals surface area contributed by atoms with Crippen LogP contribution in [0.5, 0.6) is 5.75 Å². The van der Waals surface area contributed by atoms with E-state index in [2.05, 4.69) is 48.5 Å². The SMILES string of the molecule is O=C1CC(c2ccc(OCc3cccc(-c4cccc5ccccc45)c3)cc2)CS(=O)(=O)N1. The maximum atomic E-state index is 11.8. The third kappa shape index (κ3) is 4.76. The van der Waals surface area contributed by atoms with Gasteiger partial charge in [-0.1, -0.05) is 72.8 Å². The molecule has 1 atom stereocenters. The molecular weight excluding hydrogens is 434 g/mol. The molecule has 6 heteroatoms. The Morgan fingerprint density at radius 1 is 0.879 bits per heavy atom. The van der Waals surface area contributed by atoms with Crippen LogP contribution in [0.25, 0.3) is 21.9 Å². The number of nitrogens with one attached hydrogen (secondary N) is 1. The third-order valence-corrected chi connectivity index (χ3v) is 7.29. The number of carbonyl (C=O) groups is 1. The number of hydrogen-bond acceptors (Lipinski definition) is 4. The summed E-state index contributed by atoms with van der Waals surface area (Å²) < 4.78 is 31.7. The van der Waals surface area contributed by atoms with E-state index in [1.807, 2.05) is 47.2 Å². The second kappa shape index (κ2) is 8.71. The quantitative estimate of drug-likeness (QED) is 0.457. The highest BCUT2D eigenvalue weighted by Crippen LogP contribution is 2.30. The maximum Gasteiger partial charge on any atom is 0.235 e. The summed E-state index contributed by atoms with van der Waals surface area (Å²) >= 11 is 0. The minimum Gasteiger partial charge on any atom is -0.489 e. The van der Waals surface area contributed by atoms with Crippen LogP contribution in [0.4, 0.5) is 0 Å². The maximum absolute atomic E-state index is 11.8. The average Bonchev–Trinajstić information content (AvgIpc) is 2.82. The predicted octanol–water partition coefficient (Wildman–Crippen LogP) is 5.02. The van der Waals surface area contributed by atoms with Crippen LogP contribution in [-0.4, -0.2) is 20.1 Å². The molecule has 4 aromatic rings. The summed E-state index contributed by atoms with van der Waals surface area (Å²) in [5.74, 6) is -0.190. The van der Waals surface area contributed by atoms with Gasteiger partial charge in [0, 0.05) is 12.3 Å². The molecule has 1 heterocycles. The summed E-state index contributed by atoms with van der Waals surface area (Å²) in [5, 5.41) is 2.42. The zero-order valence-electron chi connectivity index (χ0n) is 17.9. The molecule has 4 aromatic carbocycles. The van der Waals surface area contributed by atoms with Crippen molar-refractivity contribution in [3.05, 3.63) is 102 Å². The van der Waals surface area contributed by atoms with E-state index in [4.69, 9.17) is 4.74 Å². The van der Waals surface area contributed by atoms with Gasteiger partial charge >= 0.3 is 0 Å². The predicted molar refractivity (Wildman–Crippen MR) is 129 cm³/mol. The highest BCUT2D eigenvalue weighted by atomic mass is 32.2. The molecule has 5 rings (SSSR count). The van der Waals surface area contributed by atoms with Crippen molar-refractivity contribution in [2.24, 2.45) is 0 Å². The van der Waals surface area contributed by atoms with Crippen LogP contribution in [0.3, 0.4) is 0 Å². The third-order valence-electron chi connectivity index (χ3n) is 5.91. The van der Waals surface area contributed by atoms with Crippen molar-refractivity contribution < 1.29 is 17.9 Å². The molecule has 0 spiro atoms. The minimum absolute atomic E-state index is 0.0834. The number of amides is 1. The zero-order chi connectivity index (χ0) is 22.8. The van der Waals surface area contributed by atoms with Gasteiger partial charge in [-0.25, -0.2) is 8.42 Å². The second-order valence-electron chi connectivity index (χ2n) is 8.29. The molecule has 1 fully saturated rings. The number of sulfonamides is 1. The highest BCUT2D eigenvalue weighted by molar-refractivity contribution is 7.90. The van der Waals surface area contributed by atoms with E-state index in [0.29, 0.717) is 12.4 Å². The summed E-state index contributed by atoms with van der Waals surface area (Å²) in [5.41, 5.74) is 4.20. The molecule has 0 aromatic heterocycles. The Balaban J connectivity index is 1.30. The second-order valence-corrected chi connectivity index (χ2v) is 10.1. The van der Waals surface area contributed by atoms with E-state index in [9.17, 15) is 13.2 Å². The molecule has 166 valence electrons. The van der Waals surface area contributed by atoms with Crippen molar-refractivity contribution in [1.29, 1.82) is 0 Å². The lowest BCUT2D eigenvalue weighted by Gasteiger charge is -2.22. The van der Waals surface area contributed by atoms with Crippen LogP contribution in [-0.2, 0) is 21.4 Å². The molecule has 0 radical (unpaired) electrons. The smallest absolute Gasteiger partial charge is 0.235 e. The van der Waals surface area contributed by atoms with Crippen molar-refractivity contribution in [3.8, 4) is 16.9 Å². The first-order valence-electron chi connectivity index (χ1n) is 10.8.